The number of imidazole rings is 1. The average Bonchev–Trinajstić information content (AvgIpc) is 3.21. The van der Waals surface area contributed by atoms with Gasteiger partial charge in [0.25, 0.3) is 5.91 Å². The summed E-state index contributed by atoms with van der Waals surface area (Å²) < 4.78 is 26.6. The van der Waals surface area contributed by atoms with Crippen LogP contribution in [-0.2, 0) is 11.3 Å². The van der Waals surface area contributed by atoms with Crippen LogP contribution in [0, 0.1) is 11.6 Å². The molecule has 0 spiro atoms. The second-order valence-corrected chi connectivity index (χ2v) is 5.91. The molecule has 2 aromatic carbocycles. The molecule has 2 heterocycles. The van der Waals surface area contributed by atoms with Gasteiger partial charge >= 0.3 is 0 Å². The third-order valence-electron chi connectivity index (χ3n) is 4.04. The molecule has 26 heavy (non-hydrogen) atoms. The van der Waals surface area contributed by atoms with Crippen molar-refractivity contribution in [3.8, 4) is 0 Å². The number of aromatic nitrogens is 2. The van der Waals surface area contributed by atoms with Gasteiger partial charge in [-0.1, -0.05) is 0 Å². The van der Waals surface area contributed by atoms with E-state index in [1.807, 2.05) is 6.07 Å². The van der Waals surface area contributed by atoms with Gasteiger partial charge in [0.15, 0.2) is 0 Å². The van der Waals surface area contributed by atoms with Crippen LogP contribution in [0.3, 0.4) is 0 Å². The van der Waals surface area contributed by atoms with Crippen LogP contribution < -0.4 is 10.6 Å². The maximum absolute atomic E-state index is 13.3. The van der Waals surface area contributed by atoms with Gasteiger partial charge in [0.05, 0.1) is 23.8 Å². The minimum atomic E-state index is -0.615. The van der Waals surface area contributed by atoms with Crippen LogP contribution in [-0.4, -0.2) is 15.9 Å². The Kier molecular flexibility index (Phi) is 3.96. The number of amides is 1. The number of aromatic amines is 1. The zero-order chi connectivity index (χ0) is 18.1. The normalized spacial score (nSPS) is 14.4. The van der Waals surface area contributed by atoms with E-state index >= 15 is 0 Å². The van der Waals surface area contributed by atoms with Crippen molar-refractivity contribution in [2.45, 2.75) is 6.54 Å². The van der Waals surface area contributed by atoms with Crippen molar-refractivity contribution >= 4 is 28.9 Å². The number of halogens is 2. The Bertz CT molecular complexity index is 992. The Morgan fingerprint density at radius 2 is 1.92 bits per heavy atom. The van der Waals surface area contributed by atoms with Gasteiger partial charge in [-0.25, -0.2) is 13.8 Å². The molecule has 4 rings (SSSR count). The van der Waals surface area contributed by atoms with Crippen molar-refractivity contribution in [3.63, 3.8) is 0 Å². The number of hydrogen-bond acceptors (Lipinski definition) is 3. The summed E-state index contributed by atoms with van der Waals surface area (Å²) in [5.41, 5.74) is 3.93. The number of anilines is 2. The van der Waals surface area contributed by atoms with E-state index in [4.69, 9.17) is 0 Å². The molecule has 3 N–H and O–H groups in total. The predicted octanol–water partition coefficient (Wildman–Crippen LogP) is 3.79. The van der Waals surface area contributed by atoms with Gasteiger partial charge in [0.2, 0.25) is 0 Å². The van der Waals surface area contributed by atoms with E-state index < -0.39 is 11.6 Å². The van der Waals surface area contributed by atoms with Crippen LogP contribution in [0.15, 0.2) is 48.9 Å². The first kappa shape index (κ1) is 16.0. The van der Waals surface area contributed by atoms with Crippen molar-refractivity contribution in [1.82, 2.24) is 9.97 Å². The molecule has 0 radical (unpaired) electrons. The molecule has 3 aromatic rings. The molecule has 0 saturated heterocycles. The first-order chi connectivity index (χ1) is 12.6. The van der Waals surface area contributed by atoms with Crippen molar-refractivity contribution in [1.29, 1.82) is 0 Å². The molecule has 0 aliphatic carbocycles. The summed E-state index contributed by atoms with van der Waals surface area (Å²) in [5, 5.41) is 5.93. The number of nitrogens with zero attached hydrogens (tertiary/aromatic N) is 1. The van der Waals surface area contributed by atoms with Crippen LogP contribution in [0.4, 0.5) is 20.2 Å². The number of nitrogens with one attached hydrogen (secondary N) is 3. The largest absolute Gasteiger partial charge is 0.381 e. The van der Waals surface area contributed by atoms with Crippen molar-refractivity contribution in [3.05, 3.63) is 77.4 Å². The van der Waals surface area contributed by atoms with Crippen LogP contribution in [0.2, 0.25) is 0 Å². The molecule has 1 aliphatic heterocycles. The molecule has 0 bridgehead atoms. The lowest BCUT2D eigenvalue weighted by atomic mass is 10.1. The summed E-state index contributed by atoms with van der Waals surface area (Å²) in [5.74, 6) is -1.43. The number of H-pyrrole nitrogens is 1. The lowest BCUT2D eigenvalue weighted by molar-refractivity contribution is -0.110. The third-order valence-corrected chi connectivity index (χ3v) is 4.04. The maximum Gasteiger partial charge on any atom is 0.256 e. The topological polar surface area (TPSA) is 69.8 Å². The maximum atomic E-state index is 13.3. The van der Waals surface area contributed by atoms with Crippen molar-refractivity contribution in [2.24, 2.45) is 0 Å². The summed E-state index contributed by atoms with van der Waals surface area (Å²) in [7, 11) is 0. The second kappa shape index (κ2) is 6.44. The minimum Gasteiger partial charge on any atom is -0.381 e. The highest BCUT2D eigenvalue weighted by atomic mass is 19.1. The third kappa shape index (κ3) is 3.19. The van der Waals surface area contributed by atoms with Crippen molar-refractivity contribution in [2.75, 3.05) is 10.6 Å². The Hall–Kier alpha value is -3.48. The first-order valence-corrected chi connectivity index (χ1v) is 7.93. The Morgan fingerprint density at radius 3 is 2.65 bits per heavy atom. The van der Waals surface area contributed by atoms with Gasteiger partial charge in [-0.3, -0.25) is 4.79 Å². The number of benzene rings is 2. The smallest absolute Gasteiger partial charge is 0.256 e. The highest BCUT2D eigenvalue weighted by molar-refractivity contribution is 6.35. The van der Waals surface area contributed by atoms with Crippen molar-refractivity contribution < 1.29 is 13.6 Å². The average molecular weight is 352 g/mol. The molecule has 7 heteroatoms. The Labute approximate surface area is 147 Å². The zero-order valence-corrected chi connectivity index (χ0v) is 13.5. The fourth-order valence-corrected chi connectivity index (χ4v) is 2.86. The lowest BCUT2D eigenvalue weighted by Crippen LogP contribution is -2.03. The minimum absolute atomic E-state index is 0.195. The monoisotopic (exact) mass is 352 g/mol. The van der Waals surface area contributed by atoms with E-state index in [1.165, 1.54) is 18.5 Å². The molecule has 130 valence electrons. The highest BCUT2D eigenvalue weighted by Gasteiger charge is 2.24. The molecule has 0 unspecified atom stereocenters. The van der Waals surface area contributed by atoms with Crippen LogP contribution in [0.1, 0.15) is 16.8 Å². The van der Waals surface area contributed by atoms with E-state index in [9.17, 15) is 13.6 Å². The van der Waals surface area contributed by atoms with E-state index in [0.717, 1.165) is 23.0 Å². The first-order valence-electron chi connectivity index (χ1n) is 7.93. The zero-order valence-electron chi connectivity index (χ0n) is 13.5. The summed E-state index contributed by atoms with van der Waals surface area (Å²) in [6.07, 6.45) is 4.88. The SMILES string of the molecule is O=C1Nc2ccc(NCc3cc(F)cc(F)c3)cc2/C1=C/c1cnc[nH]1. The number of hydrogen-bond donors (Lipinski definition) is 3. The van der Waals surface area contributed by atoms with Gasteiger partial charge in [-0.2, -0.15) is 0 Å². The quantitative estimate of drug-likeness (QED) is 0.626. The van der Waals surface area contributed by atoms with Gasteiger partial charge < -0.3 is 15.6 Å². The van der Waals surface area contributed by atoms with E-state index in [1.54, 1.807) is 24.4 Å². The number of rotatable bonds is 4. The van der Waals surface area contributed by atoms with Crippen LogP contribution in [0.5, 0.6) is 0 Å². The highest BCUT2D eigenvalue weighted by Crippen LogP contribution is 2.35. The van der Waals surface area contributed by atoms with E-state index in [0.29, 0.717) is 16.8 Å². The van der Waals surface area contributed by atoms with Gasteiger partial charge in [-0.15, -0.1) is 0 Å². The van der Waals surface area contributed by atoms with Crippen LogP contribution >= 0.6 is 0 Å². The standard InChI is InChI=1S/C19H14F2N4O/c20-12-3-11(4-13(21)5-12)8-23-14-1-2-18-16(6-14)17(19(26)25-18)7-15-9-22-10-24-15/h1-7,9-10,23H,8H2,(H,22,24)(H,25,26)/b17-7-. The number of carbonyl (C=O) groups excluding carboxylic acids is 1. The molecule has 5 nitrogen and oxygen atoms in total. The van der Waals surface area contributed by atoms with E-state index in [2.05, 4.69) is 20.6 Å². The predicted molar refractivity (Wildman–Crippen MR) is 95.2 cm³/mol. The molecule has 0 atom stereocenters. The van der Waals surface area contributed by atoms with E-state index in [-0.39, 0.29) is 12.5 Å². The summed E-state index contributed by atoms with van der Waals surface area (Å²) >= 11 is 0. The summed E-state index contributed by atoms with van der Waals surface area (Å²) in [6.45, 7) is 0.258. The summed E-state index contributed by atoms with van der Waals surface area (Å²) in [6, 6.07) is 8.80. The van der Waals surface area contributed by atoms with Crippen LogP contribution in [0.25, 0.3) is 11.6 Å². The molecule has 1 amide bonds. The molecule has 0 saturated carbocycles. The molecular weight excluding hydrogens is 338 g/mol. The molecule has 0 fully saturated rings. The molecule has 1 aromatic heterocycles. The molecular formula is C19H14F2N4O. The fraction of sp³-hybridized carbons (Fsp3) is 0.0526. The Balaban J connectivity index is 1.59. The lowest BCUT2D eigenvalue weighted by Gasteiger charge is -2.09. The van der Waals surface area contributed by atoms with Gasteiger partial charge in [0, 0.05) is 29.5 Å². The number of carbonyl (C=O) groups is 1. The molecule has 1 aliphatic rings. The fourth-order valence-electron chi connectivity index (χ4n) is 2.86. The second-order valence-electron chi connectivity index (χ2n) is 5.91. The Morgan fingerprint density at radius 1 is 1.12 bits per heavy atom. The summed E-state index contributed by atoms with van der Waals surface area (Å²) in [4.78, 5) is 19.1. The number of fused-ring (bicyclic) bond motifs is 1. The van der Waals surface area contributed by atoms with Gasteiger partial charge in [-0.05, 0) is 42.0 Å². The van der Waals surface area contributed by atoms with Gasteiger partial charge in [0.1, 0.15) is 11.6 Å².